The first-order chi connectivity index (χ1) is 11.5. The SMILES string of the molecule is CCC(C)C(NC(=O)CCc1nc(-c2ccccn2)no1)C(=O)O. The monoisotopic (exact) mass is 332 g/mol. The number of rotatable bonds is 8. The van der Waals surface area contributed by atoms with E-state index in [2.05, 4.69) is 20.4 Å². The maximum Gasteiger partial charge on any atom is 0.326 e. The predicted molar refractivity (Wildman–Crippen MR) is 84.9 cm³/mol. The number of aryl methyl sites for hydroxylation is 1. The number of pyridine rings is 1. The molecule has 0 fully saturated rings. The zero-order chi connectivity index (χ0) is 17.5. The Labute approximate surface area is 139 Å². The van der Waals surface area contributed by atoms with Crippen LogP contribution in [-0.4, -0.2) is 38.1 Å². The van der Waals surface area contributed by atoms with Gasteiger partial charge in [0, 0.05) is 19.0 Å². The highest BCUT2D eigenvalue weighted by molar-refractivity contribution is 5.83. The van der Waals surface area contributed by atoms with Crippen molar-refractivity contribution in [2.24, 2.45) is 5.92 Å². The molecule has 0 aliphatic rings. The van der Waals surface area contributed by atoms with Crippen molar-refractivity contribution in [3.05, 3.63) is 30.3 Å². The van der Waals surface area contributed by atoms with Gasteiger partial charge in [0.15, 0.2) is 0 Å². The summed E-state index contributed by atoms with van der Waals surface area (Å²) in [7, 11) is 0. The van der Waals surface area contributed by atoms with Crippen LogP contribution >= 0.6 is 0 Å². The van der Waals surface area contributed by atoms with Gasteiger partial charge in [0.05, 0.1) is 0 Å². The van der Waals surface area contributed by atoms with Gasteiger partial charge < -0.3 is 14.9 Å². The van der Waals surface area contributed by atoms with Crippen LogP contribution in [0.3, 0.4) is 0 Å². The molecular formula is C16H20N4O4. The second-order valence-electron chi connectivity index (χ2n) is 5.50. The summed E-state index contributed by atoms with van der Waals surface area (Å²) in [6.07, 6.45) is 2.59. The van der Waals surface area contributed by atoms with Crippen LogP contribution < -0.4 is 5.32 Å². The van der Waals surface area contributed by atoms with Crippen LogP contribution in [0.15, 0.2) is 28.9 Å². The zero-order valence-corrected chi connectivity index (χ0v) is 13.6. The lowest BCUT2D eigenvalue weighted by molar-refractivity contribution is -0.143. The minimum atomic E-state index is -1.03. The largest absolute Gasteiger partial charge is 0.480 e. The van der Waals surface area contributed by atoms with Crippen LogP contribution in [0.2, 0.25) is 0 Å². The van der Waals surface area contributed by atoms with Gasteiger partial charge in [-0.3, -0.25) is 9.78 Å². The van der Waals surface area contributed by atoms with Crippen molar-refractivity contribution in [3.8, 4) is 11.5 Å². The van der Waals surface area contributed by atoms with Crippen LogP contribution in [0.4, 0.5) is 0 Å². The Kier molecular flexibility index (Phi) is 6.00. The summed E-state index contributed by atoms with van der Waals surface area (Å²) >= 11 is 0. The van der Waals surface area contributed by atoms with Crippen LogP contribution in [0, 0.1) is 5.92 Å². The number of aliphatic carboxylic acids is 1. The quantitative estimate of drug-likeness (QED) is 0.755. The lowest BCUT2D eigenvalue weighted by Gasteiger charge is -2.19. The highest BCUT2D eigenvalue weighted by Crippen LogP contribution is 2.13. The molecule has 0 aliphatic heterocycles. The highest BCUT2D eigenvalue weighted by atomic mass is 16.5. The summed E-state index contributed by atoms with van der Waals surface area (Å²) in [6, 6.07) is 4.46. The van der Waals surface area contributed by atoms with Gasteiger partial charge >= 0.3 is 5.97 Å². The first kappa shape index (κ1) is 17.6. The standard InChI is InChI=1S/C16H20N4O4/c1-3-10(2)14(16(22)23)18-12(21)7-8-13-19-15(20-24-13)11-6-4-5-9-17-11/h4-6,9-10,14H,3,7-8H2,1-2H3,(H,18,21)(H,22,23). The van der Waals surface area contributed by atoms with Gasteiger partial charge in [-0.15, -0.1) is 0 Å². The van der Waals surface area contributed by atoms with Crippen LogP contribution in [0.1, 0.15) is 32.6 Å². The number of nitrogens with one attached hydrogen (secondary N) is 1. The third-order valence-corrected chi connectivity index (χ3v) is 3.72. The summed E-state index contributed by atoms with van der Waals surface area (Å²) < 4.78 is 5.09. The molecule has 2 N–H and O–H groups in total. The minimum Gasteiger partial charge on any atom is -0.480 e. The van der Waals surface area contributed by atoms with Crippen molar-refractivity contribution < 1.29 is 19.2 Å². The predicted octanol–water partition coefficient (Wildman–Crippen LogP) is 1.68. The summed E-state index contributed by atoms with van der Waals surface area (Å²) in [4.78, 5) is 31.5. The molecule has 128 valence electrons. The fourth-order valence-electron chi connectivity index (χ4n) is 2.10. The number of hydrogen-bond acceptors (Lipinski definition) is 6. The average molecular weight is 332 g/mol. The van der Waals surface area contributed by atoms with E-state index in [9.17, 15) is 14.7 Å². The van der Waals surface area contributed by atoms with E-state index in [4.69, 9.17) is 4.52 Å². The Morgan fingerprint density at radius 3 is 2.79 bits per heavy atom. The van der Waals surface area contributed by atoms with Gasteiger partial charge in [-0.1, -0.05) is 31.5 Å². The fourth-order valence-corrected chi connectivity index (χ4v) is 2.10. The van der Waals surface area contributed by atoms with E-state index in [1.165, 1.54) is 0 Å². The Bertz CT molecular complexity index is 686. The topological polar surface area (TPSA) is 118 Å². The van der Waals surface area contributed by atoms with Crippen molar-refractivity contribution in [2.45, 2.75) is 39.2 Å². The highest BCUT2D eigenvalue weighted by Gasteiger charge is 2.25. The first-order valence-corrected chi connectivity index (χ1v) is 7.77. The number of hydrogen-bond donors (Lipinski definition) is 2. The molecule has 2 atom stereocenters. The Morgan fingerprint density at radius 2 is 2.17 bits per heavy atom. The third kappa shape index (κ3) is 4.61. The fraction of sp³-hybridized carbons (Fsp3) is 0.438. The Balaban J connectivity index is 1.90. The molecule has 0 aliphatic carbocycles. The van der Waals surface area contributed by atoms with Gasteiger partial charge in [0.1, 0.15) is 11.7 Å². The van der Waals surface area contributed by atoms with Crippen molar-refractivity contribution in [2.75, 3.05) is 0 Å². The van der Waals surface area contributed by atoms with E-state index in [1.54, 1.807) is 25.3 Å². The molecule has 24 heavy (non-hydrogen) atoms. The van der Waals surface area contributed by atoms with Crippen LogP contribution in [-0.2, 0) is 16.0 Å². The summed E-state index contributed by atoms with van der Waals surface area (Å²) in [6.45, 7) is 3.67. The number of carbonyl (C=O) groups is 2. The molecule has 0 spiro atoms. The summed E-state index contributed by atoms with van der Waals surface area (Å²) in [5, 5.41) is 15.5. The second kappa shape index (κ2) is 8.19. The van der Waals surface area contributed by atoms with Gasteiger partial charge in [-0.05, 0) is 18.1 Å². The molecule has 1 amide bonds. The summed E-state index contributed by atoms with van der Waals surface area (Å²) in [5.41, 5.74) is 0.583. The van der Waals surface area contributed by atoms with Crippen LogP contribution in [0.25, 0.3) is 11.5 Å². The van der Waals surface area contributed by atoms with Crippen molar-refractivity contribution in [1.82, 2.24) is 20.4 Å². The lowest BCUT2D eigenvalue weighted by atomic mass is 9.99. The molecule has 2 unspecified atom stereocenters. The number of carboxylic acid groups (broad SMARTS) is 1. The Morgan fingerprint density at radius 1 is 1.38 bits per heavy atom. The number of amides is 1. The first-order valence-electron chi connectivity index (χ1n) is 7.77. The van der Waals surface area contributed by atoms with E-state index < -0.39 is 12.0 Å². The normalized spacial score (nSPS) is 13.2. The number of aromatic nitrogens is 3. The molecule has 0 saturated heterocycles. The van der Waals surface area contributed by atoms with Gasteiger partial charge in [0.2, 0.25) is 17.6 Å². The summed E-state index contributed by atoms with van der Waals surface area (Å²) in [5.74, 6) is -0.880. The van der Waals surface area contributed by atoms with E-state index >= 15 is 0 Å². The van der Waals surface area contributed by atoms with E-state index in [0.29, 0.717) is 23.8 Å². The second-order valence-corrected chi connectivity index (χ2v) is 5.50. The van der Waals surface area contributed by atoms with Gasteiger partial charge in [-0.25, -0.2) is 4.79 Å². The molecule has 2 aromatic heterocycles. The third-order valence-electron chi connectivity index (χ3n) is 3.72. The van der Waals surface area contributed by atoms with Crippen molar-refractivity contribution in [3.63, 3.8) is 0 Å². The molecular weight excluding hydrogens is 312 g/mol. The van der Waals surface area contributed by atoms with E-state index in [1.807, 2.05) is 13.0 Å². The number of carbonyl (C=O) groups excluding carboxylic acids is 1. The van der Waals surface area contributed by atoms with E-state index in [0.717, 1.165) is 0 Å². The van der Waals surface area contributed by atoms with Crippen molar-refractivity contribution in [1.29, 1.82) is 0 Å². The molecule has 0 saturated carbocycles. The molecule has 8 heteroatoms. The maximum absolute atomic E-state index is 12.0. The number of nitrogens with zero attached hydrogens (tertiary/aromatic N) is 3. The molecule has 2 rings (SSSR count). The molecule has 2 heterocycles. The number of carboxylic acids is 1. The molecule has 0 bridgehead atoms. The van der Waals surface area contributed by atoms with Crippen molar-refractivity contribution >= 4 is 11.9 Å². The van der Waals surface area contributed by atoms with Crippen LogP contribution in [0.5, 0.6) is 0 Å². The molecule has 2 aromatic rings. The zero-order valence-electron chi connectivity index (χ0n) is 13.6. The maximum atomic E-state index is 12.0. The molecule has 0 radical (unpaired) electrons. The smallest absolute Gasteiger partial charge is 0.326 e. The minimum absolute atomic E-state index is 0.0735. The van der Waals surface area contributed by atoms with Gasteiger partial charge in [-0.2, -0.15) is 4.98 Å². The lowest BCUT2D eigenvalue weighted by Crippen LogP contribution is -2.45. The van der Waals surface area contributed by atoms with E-state index in [-0.39, 0.29) is 24.7 Å². The average Bonchev–Trinajstić information content (AvgIpc) is 3.06. The Hall–Kier alpha value is -2.77. The molecule has 8 nitrogen and oxygen atoms in total. The van der Waals surface area contributed by atoms with Gasteiger partial charge in [0.25, 0.3) is 0 Å². The molecule has 0 aromatic carbocycles.